The summed E-state index contributed by atoms with van der Waals surface area (Å²) in [4.78, 5) is 0. The van der Waals surface area contributed by atoms with Crippen LogP contribution in [0.25, 0.3) is 0 Å². The molecule has 1 unspecified atom stereocenters. The molecule has 0 saturated carbocycles. The van der Waals surface area contributed by atoms with E-state index < -0.39 is 0 Å². The number of aliphatic hydroxyl groups excluding tert-OH is 1. The van der Waals surface area contributed by atoms with E-state index in [0.29, 0.717) is 6.42 Å². The van der Waals surface area contributed by atoms with Gasteiger partial charge in [-0.1, -0.05) is 41.1 Å². The van der Waals surface area contributed by atoms with E-state index in [9.17, 15) is 5.11 Å². The lowest BCUT2D eigenvalue weighted by molar-refractivity contribution is 0.190. The maximum atomic E-state index is 9.25. The number of hydrogen-bond acceptors (Lipinski definition) is 2. The molecule has 16 heavy (non-hydrogen) atoms. The summed E-state index contributed by atoms with van der Waals surface area (Å²) in [7, 11) is 0. The lowest BCUT2D eigenvalue weighted by atomic mass is 9.67. The predicted octanol–water partition coefficient (Wildman–Crippen LogP) is 2.83. The Labute approximate surface area is 106 Å². The van der Waals surface area contributed by atoms with Crippen LogP contribution in [0, 0.1) is 0 Å². The third-order valence-electron chi connectivity index (χ3n) is 3.50. The second kappa shape index (κ2) is 4.86. The standard InChI is InChI=1S/C13H20BrNO/c1-12(2,15)13(3,8-9-16)10-6-4-5-7-11(10)14/h4-7,16H,8-9,15H2,1-3H3. The third-order valence-corrected chi connectivity index (χ3v) is 4.19. The number of benzene rings is 1. The zero-order valence-electron chi connectivity index (χ0n) is 10.1. The topological polar surface area (TPSA) is 46.2 Å². The molecular weight excluding hydrogens is 266 g/mol. The first-order chi connectivity index (χ1) is 7.33. The van der Waals surface area contributed by atoms with Crippen LogP contribution in [0.2, 0.25) is 0 Å². The van der Waals surface area contributed by atoms with E-state index in [4.69, 9.17) is 5.73 Å². The van der Waals surface area contributed by atoms with E-state index in [1.54, 1.807) is 0 Å². The van der Waals surface area contributed by atoms with Crippen LogP contribution in [-0.2, 0) is 5.41 Å². The van der Waals surface area contributed by atoms with Crippen molar-refractivity contribution in [1.29, 1.82) is 0 Å². The molecule has 0 heterocycles. The molecule has 0 aliphatic carbocycles. The van der Waals surface area contributed by atoms with Gasteiger partial charge in [0.05, 0.1) is 0 Å². The summed E-state index contributed by atoms with van der Waals surface area (Å²) in [5.74, 6) is 0. The Bertz CT molecular complexity index is 359. The number of aliphatic hydroxyl groups is 1. The summed E-state index contributed by atoms with van der Waals surface area (Å²) in [5.41, 5.74) is 6.78. The number of rotatable bonds is 4. The summed E-state index contributed by atoms with van der Waals surface area (Å²) in [5, 5.41) is 9.25. The SMILES string of the molecule is CC(C)(N)C(C)(CCO)c1ccccc1Br. The smallest absolute Gasteiger partial charge is 0.0440 e. The van der Waals surface area contributed by atoms with Gasteiger partial charge in [0.15, 0.2) is 0 Å². The molecule has 0 saturated heterocycles. The van der Waals surface area contributed by atoms with Crippen molar-refractivity contribution in [2.75, 3.05) is 6.61 Å². The molecular formula is C13H20BrNO. The molecule has 0 bridgehead atoms. The highest BCUT2D eigenvalue weighted by molar-refractivity contribution is 9.10. The van der Waals surface area contributed by atoms with Gasteiger partial charge in [-0.25, -0.2) is 0 Å². The Morgan fingerprint density at radius 1 is 1.25 bits per heavy atom. The summed E-state index contributed by atoms with van der Waals surface area (Å²) >= 11 is 3.56. The zero-order chi connectivity index (χ0) is 12.4. The zero-order valence-corrected chi connectivity index (χ0v) is 11.7. The molecule has 1 rings (SSSR count). The van der Waals surface area contributed by atoms with Gasteiger partial charge >= 0.3 is 0 Å². The summed E-state index contributed by atoms with van der Waals surface area (Å²) in [6, 6.07) is 8.06. The summed E-state index contributed by atoms with van der Waals surface area (Å²) in [6.45, 7) is 6.24. The molecule has 0 aliphatic heterocycles. The summed E-state index contributed by atoms with van der Waals surface area (Å²) < 4.78 is 1.05. The highest BCUT2D eigenvalue weighted by Gasteiger charge is 2.40. The van der Waals surface area contributed by atoms with Crippen molar-refractivity contribution in [1.82, 2.24) is 0 Å². The first-order valence-electron chi connectivity index (χ1n) is 5.47. The Hall–Kier alpha value is -0.380. The van der Waals surface area contributed by atoms with E-state index in [1.807, 2.05) is 32.0 Å². The molecule has 0 amide bonds. The van der Waals surface area contributed by atoms with Crippen LogP contribution in [0.5, 0.6) is 0 Å². The Kier molecular flexibility index (Phi) is 4.16. The van der Waals surface area contributed by atoms with Crippen LogP contribution < -0.4 is 5.73 Å². The number of hydrogen-bond donors (Lipinski definition) is 2. The summed E-state index contributed by atoms with van der Waals surface area (Å²) in [6.07, 6.45) is 0.652. The number of halogens is 1. The molecule has 0 aromatic heterocycles. The minimum atomic E-state index is -0.389. The molecule has 3 N–H and O–H groups in total. The third kappa shape index (κ3) is 2.47. The normalized spacial score (nSPS) is 15.9. The first-order valence-corrected chi connectivity index (χ1v) is 6.27. The molecule has 1 aromatic carbocycles. The first kappa shape index (κ1) is 13.7. The van der Waals surface area contributed by atoms with Crippen LogP contribution >= 0.6 is 15.9 Å². The number of nitrogens with two attached hydrogens (primary N) is 1. The second-order valence-corrected chi connectivity index (χ2v) is 5.86. The molecule has 90 valence electrons. The molecule has 0 aliphatic rings. The van der Waals surface area contributed by atoms with Crippen molar-refractivity contribution < 1.29 is 5.11 Å². The highest BCUT2D eigenvalue weighted by Crippen LogP contribution is 2.40. The van der Waals surface area contributed by atoms with E-state index in [1.165, 1.54) is 0 Å². The fourth-order valence-corrected chi connectivity index (χ4v) is 2.66. The van der Waals surface area contributed by atoms with Crippen LogP contribution in [0.3, 0.4) is 0 Å². The van der Waals surface area contributed by atoms with Gasteiger partial charge < -0.3 is 10.8 Å². The van der Waals surface area contributed by atoms with Crippen molar-refractivity contribution in [3.8, 4) is 0 Å². The molecule has 1 atom stereocenters. The fourth-order valence-electron chi connectivity index (χ4n) is 1.94. The second-order valence-electron chi connectivity index (χ2n) is 5.01. The largest absolute Gasteiger partial charge is 0.396 e. The van der Waals surface area contributed by atoms with E-state index in [0.717, 1.165) is 10.0 Å². The van der Waals surface area contributed by atoms with E-state index in [2.05, 4.69) is 28.9 Å². The fraction of sp³-hybridized carbons (Fsp3) is 0.538. The van der Waals surface area contributed by atoms with E-state index >= 15 is 0 Å². The molecule has 0 fully saturated rings. The Morgan fingerprint density at radius 3 is 2.25 bits per heavy atom. The van der Waals surface area contributed by atoms with Crippen molar-refractivity contribution in [2.45, 2.75) is 38.1 Å². The van der Waals surface area contributed by atoms with Crippen LogP contribution in [0.1, 0.15) is 32.8 Å². The van der Waals surface area contributed by atoms with Gasteiger partial charge in [0.2, 0.25) is 0 Å². The lowest BCUT2D eigenvalue weighted by Gasteiger charge is -2.42. The van der Waals surface area contributed by atoms with Crippen molar-refractivity contribution in [2.24, 2.45) is 5.73 Å². The van der Waals surface area contributed by atoms with Crippen LogP contribution in [0.4, 0.5) is 0 Å². The van der Waals surface area contributed by atoms with Gasteiger partial charge in [0.25, 0.3) is 0 Å². The highest BCUT2D eigenvalue weighted by atomic mass is 79.9. The molecule has 0 spiro atoms. The van der Waals surface area contributed by atoms with Gasteiger partial charge in [-0.15, -0.1) is 0 Å². The molecule has 0 radical (unpaired) electrons. The molecule has 2 nitrogen and oxygen atoms in total. The lowest BCUT2D eigenvalue weighted by Crippen LogP contribution is -2.52. The predicted molar refractivity (Wildman–Crippen MR) is 71.5 cm³/mol. The van der Waals surface area contributed by atoms with Crippen molar-refractivity contribution >= 4 is 15.9 Å². The monoisotopic (exact) mass is 285 g/mol. The quantitative estimate of drug-likeness (QED) is 0.894. The van der Waals surface area contributed by atoms with Gasteiger partial charge in [-0.3, -0.25) is 0 Å². The maximum Gasteiger partial charge on any atom is 0.0440 e. The maximum absolute atomic E-state index is 9.25. The minimum Gasteiger partial charge on any atom is -0.396 e. The average molecular weight is 286 g/mol. The van der Waals surface area contributed by atoms with Crippen LogP contribution in [-0.4, -0.2) is 17.3 Å². The van der Waals surface area contributed by atoms with Crippen molar-refractivity contribution in [3.05, 3.63) is 34.3 Å². The van der Waals surface area contributed by atoms with Gasteiger partial charge in [-0.05, 0) is 31.9 Å². The van der Waals surface area contributed by atoms with E-state index in [-0.39, 0.29) is 17.6 Å². The Morgan fingerprint density at radius 2 is 1.81 bits per heavy atom. The van der Waals surface area contributed by atoms with Gasteiger partial charge in [0.1, 0.15) is 0 Å². The van der Waals surface area contributed by atoms with Crippen LogP contribution in [0.15, 0.2) is 28.7 Å². The van der Waals surface area contributed by atoms with Gasteiger partial charge in [0, 0.05) is 22.0 Å². The minimum absolute atomic E-state index is 0.137. The average Bonchev–Trinajstić information content (AvgIpc) is 2.16. The Balaban J connectivity index is 3.28. The van der Waals surface area contributed by atoms with Crippen molar-refractivity contribution in [3.63, 3.8) is 0 Å². The van der Waals surface area contributed by atoms with Gasteiger partial charge in [-0.2, -0.15) is 0 Å². The molecule has 3 heteroatoms. The molecule has 1 aromatic rings.